The third kappa shape index (κ3) is 2.93. The zero-order valence-electron chi connectivity index (χ0n) is 10.5. The Hall–Kier alpha value is -2.31. The lowest BCUT2D eigenvalue weighted by Crippen LogP contribution is -2.29. The number of anilines is 1. The molecule has 1 N–H and O–H groups in total. The molecule has 0 aliphatic carbocycles. The molecule has 1 fully saturated rings. The second-order valence-electron chi connectivity index (χ2n) is 4.09. The van der Waals surface area contributed by atoms with E-state index < -0.39 is 4.92 Å². The van der Waals surface area contributed by atoms with E-state index in [1.54, 1.807) is 11.4 Å². The van der Waals surface area contributed by atoms with Gasteiger partial charge < -0.3 is 15.0 Å². The second-order valence-corrected chi connectivity index (χ2v) is 4.09. The van der Waals surface area contributed by atoms with Crippen LogP contribution in [0.15, 0.2) is 18.2 Å². The summed E-state index contributed by atoms with van der Waals surface area (Å²) in [5.41, 5.74) is 0.198. The number of rotatable bonds is 3. The van der Waals surface area contributed by atoms with Crippen molar-refractivity contribution in [3.63, 3.8) is 0 Å². The molecule has 19 heavy (non-hydrogen) atoms. The van der Waals surface area contributed by atoms with Crippen LogP contribution in [0.5, 0.6) is 5.75 Å². The van der Waals surface area contributed by atoms with Crippen LogP contribution in [0.2, 0.25) is 0 Å². The third-order valence-electron chi connectivity index (χ3n) is 2.85. The van der Waals surface area contributed by atoms with Crippen molar-refractivity contribution in [2.24, 2.45) is 0 Å². The van der Waals surface area contributed by atoms with Crippen molar-refractivity contribution < 1.29 is 14.5 Å². The Labute approximate surface area is 110 Å². The van der Waals surface area contributed by atoms with Crippen molar-refractivity contribution in [3.8, 4) is 5.75 Å². The summed E-state index contributed by atoms with van der Waals surface area (Å²) < 4.78 is 5.08. The van der Waals surface area contributed by atoms with E-state index in [4.69, 9.17) is 4.74 Å². The minimum Gasteiger partial charge on any atom is -0.495 e. The molecule has 0 unspecified atom stereocenters. The molecule has 0 bridgehead atoms. The Kier molecular flexibility index (Phi) is 3.84. The van der Waals surface area contributed by atoms with Gasteiger partial charge in [-0.1, -0.05) is 0 Å². The molecule has 0 spiro atoms. The van der Waals surface area contributed by atoms with E-state index in [0.717, 1.165) is 12.8 Å². The first-order valence-corrected chi connectivity index (χ1v) is 5.85. The van der Waals surface area contributed by atoms with E-state index in [-0.39, 0.29) is 11.7 Å². The number of nitro groups is 1. The molecular weight excluding hydrogens is 250 g/mol. The van der Waals surface area contributed by atoms with E-state index in [9.17, 15) is 14.9 Å². The predicted molar refractivity (Wildman–Crippen MR) is 68.9 cm³/mol. The number of benzene rings is 1. The maximum atomic E-state index is 11.9. The van der Waals surface area contributed by atoms with E-state index in [1.807, 2.05) is 0 Å². The Morgan fingerprint density at radius 1 is 1.53 bits per heavy atom. The van der Waals surface area contributed by atoms with Gasteiger partial charge in [0.25, 0.3) is 5.69 Å². The van der Waals surface area contributed by atoms with E-state index in [1.165, 1.54) is 25.3 Å². The molecule has 101 valence electrons. The molecule has 7 nitrogen and oxygen atoms in total. The molecule has 1 aliphatic rings. The second kappa shape index (κ2) is 5.55. The van der Waals surface area contributed by atoms with Crippen LogP contribution in [-0.4, -0.2) is 29.5 Å². The average molecular weight is 264 g/mol. The highest BCUT2D eigenvalue weighted by molar-refractivity contribution is 5.92. The Morgan fingerprint density at radius 3 is 2.89 bits per heavy atom. The lowest BCUT2D eigenvalue weighted by molar-refractivity contribution is -0.384. The van der Waals surface area contributed by atoms with E-state index >= 15 is 0 Å². The Morgan fingerprint density at radius 2 is 2.32 bits per heavy atom. The van der Waals surface area contributed by atoms with E-state index in [0.29, 0.717) is 18.0 Å². The quantitative estimate of drug-likeness (QED) is 0.671. The number of amides is 2. The monoisotopic (exact) mass is 264 g/mol. The SMILES string of the molecule is COc1ccc([N+](=O)[O-])cc1NC(=O)N1[CH]CCC1. The number of non-ortho nitro benzene ring substituents is 1. The van der Waals surface area contributed by atoms with Crippen LogP contribution in [0, 0.1) is 16.7 Å². The average Bonchev–Trinajstić information content (AvgIpc) is 2.92. The fourth-order valence-corrected chi connectivity index (χ4v) is 1.88. The van der Waals surface area contributed by atoms with Gasteiger partial charge >= 0.3 is 6.03 Å². The minimum atomic E-state index is -0.517. The molecular formula is C12H14N3O4. The van der Waals surface area contributed by atoms with Crippen molar-refractivity contribution in [2.45, 2.75) is 12.8 Å². The summed E-state index contributed by atoms with van der Waals surface area (Å²) in [6, 6.07) is 3.77. The summed E-state index contributed by atoms with van der Waals surface area (Å²) in [5.74, 6) is 0.387. The number of nitro benzene ring substituents is 1. The molecule has 1 saturated heterocycles. The number of ether oxygens (including phenoxy) is 1. The van der Waals surface area contributed by atoms with Gasteiger partial charge in [0, 0.05) is 18.7 Å². The number of carbonyl (C=O) groups is 1. The molecule has 1 aromatic rings. The summed E-state index contributed by atoms with van der Waals surface area (Å²) in [6.45, 7) is 2.46. The zero-order chi connectivity index (χ0) is 13.8. The summed E-state index contributed by atoms with van der Waals surface area (Å²) in [7, 11) is 1.44. The molecule has 0 atom stereocenters. The third-order valence-corrected chi connectivity index (χ3v) is 2.85. The molecule has 1 aliphatic heterocycles. The number of hydrogen-bond acceptors (Lipinski definition) is 4. The van der Waals surface area contributed by atoms with Gasteiger partial charge in [-0.3, -0.25) is 10.1 Å². The number of nitrogens with one attached hydrogen (secondary N) is 1. The number of urea groups is 1. The van der Waals surface area contributed by atoms with Crippen LogP contribution >= 0.6 is 0 Å². The number of carbonyl (C=O) groups excluding carboxylic acids is 1. The lowest BCUT2D eigenvalue weighted by atomic mass is 10.2. The van der Waals surface area contributed by atoms with Crippen molar-refractivity contribution >= 4 is 17.4 Å². The van der Waals surface area contributed by atoms with Crippen LogP contribution in [0.4, 0.5) is 16.2 Å². The predicted octanol–water partition coefficient (Wildman–Crippen LogP) is 2.39. The first-order chi connectivity index (χ1) is 9.11. The Balaban J connectivity index is 2.19. The van der Waals surface area contributed by atoms with Crippen LogP contribution in [-0.2, 0) is 0 Å². The van der Waals surface area contributed by atoms with E-state index in [2.05, 4.69) is 5.32 Å². The lowest BCUT2D eigenvalue weighted by Gasteiger charge is -2.17. The zero-order valence-corrected chi connectivity index (χ0v) is 10.5. The molecule has 2 amide bonds. The van der Waals surface area contributed by atoms with Crippen molar-refractivity contribution in [1.29, 1.82) is 0 Å². The molecule has 1 heterocycles. The van der Waals surface area contributed by atoms with Gasteiger partial charge in [0.1, 0.15) is 5.75 Å². The van der Waals surface area contributed by atoms with Crippen molar-refractivity contribution in [3.05, 3.63) is 34.9 Å². The summed E-state index contributed by atoms with van der Waals surface area (Å²) in [4.78, 5) is 23.7. The molecule has 0 saturated carbocycles. The van der Waals surface area contributed by atoms with Gasteiger partial charge in [-0.2, -0.15) is 0 Å². The number of hydrogen-bond donors (Lipinski definition) is 1. The standard InChI is InChI=1S/C12H14N3O4/c1-19-11-5-4-9(15(17)18)8-10(11)13-12(16)14-6-2-3-7-14/h4-6,8H,2-3,7H2,1H3,(H,13,16). The maximum Gasteiger partial charge on any atom is 0.322 e. The van der Waals surface area contributed by atoms with Gasteiger partial charge in [-0.05, 0) is 18.9 Å². The van der Waals surface area contributed by atoms with Gasteiger partial charge in [0.15, 0.2) is 0 Å². The van der Waals surface area contributed by atoms with Crippen molar-refractivity contribution in [2.75, 3.05) is 19.0 Å². The highest BCUT2D eigenvalue weighted by Gasteiger charge is 2.20. The van der Waals surface area contributed by atoms with Gasteiger partial charge in [-0.25, -0.2) is 4.79 Å². The number of likely N-dealkylation sites (tertiary alicyclic amines) is 1. The highest BCUT2D eigenvalue weighted by Crippen LogP contribution is 2.29. The van der Waals surface area contributed by atoms with Crippen LogP contribution in [0.25, 0.3) is 0 Å². The van der Waals surface area contributed by atoms with Crippen LogP contribution in [0.1, 0.15) is 12.8 Å². The minimum absolute atomic E-state index is 0.0958. The summed E-state index contributed by atoms with van der Waals surface area (Å²) in [5, 5.41) is 13.4. The van der Waals surface area contributed by atoms with Crippen LogP contribution < -0.4 is 10.1 Å². The fourth-order valence-electron chi connectivity index (χ4n) is 1.88. The number of methoxy groups -OCH3 is 1. The molecule has 1 radical (unpaired) electrons. The van der Waals surface area contributed by atoms with Crippen LogP contribution in [0.3, 0.4) is 0 Å². The largest absolute Gasteiger partial charge is 0.495 e. The normalized spacial score (nSPS) is 14.3. The van der Waals surface area contributed by atoms with Gasteiger partial charge in [0.05, 0.1) is 24.3 Å². The smallest absolute Gasteiger partial charge is 0.322 e. The van der Waals surface area contributed by atoms with Gasteiger partial charge in [-0.15, -0.1) is 0 Å². The molecule has 1 aromatic carbocycles. The highest BCUT2D eigenvalue weighted by atomic mass is 16.6. The number of nitrogens with zero attached hydrogens (tertiary/aromatic N) is 2. The first-order valence-electron chi connectivity index (χ1n) is 5.85. The molecule has 7 heteroatoms. The van der Waals surface area contributed by atoms with Gasteiger partial charge in [0.2, 0.25) is 0 Å². The first kappa shape index (κ1) is 13.1. The molecule has 2 rings (SSSR count). The topological polar surface area (TPSA) is 84.7 Å². The Bertz CT molecular complexity index is 498. The fraction of sp³-hybridized carbons (Fsp3) is 0.333. The van der Waals surface area contributed by atoms with Crippen molar-refractivity contribution in [1.82, 2.24) is 4.90 Å². The summed E-state index contributed by atoms with van der Waals surface area (Å²) >= 11 is 0. The summed E-state index contributed by atoms with van der Waals surface area (Å²) in [6.07, 6.45) is 1.79. The molecule has 0 aromatic heterocycles. The maximum absolute atomic E-state index is 11.9.